The Morgan fingerprint density at radius 1 is 1.57 bits per heavy atom. The van der Waals surface area contributed by atoms with Gasteiger partial charge in [-0.15, -0.1) is 0 Å². The SMILES string of the molecule is Cc1cc(C(=O)NCC(F)(F)C(=O)O)nn1C(C)C1CC1. The average Bonchev–Trinajstić information content (AvgIpc) is 3.18. The van der Waals surface area contributed by atoms with Crippen molar-refractivity contribution in [3.63, 3.8) is 0 Å². The quantitative estimate of drug-likeness (QED) is 0.836. The van der Waals surface area contributed by atoms with E-state index in [2.05, 4.69) is 5.10 Å². The van der Waals surface area contributed by atoms with Crippen LogP contribution in [0.3, 0.4) is 0 Å². The van der Waals surface area contributed by atoms with Crippen LogP contribution in [0.4, 0.5) is 8.78 Å². The van der Waals surface area contributed by atoms with Crippen LogP contribution in [-0.4, -0.2) is 39.2 Å². The van der Waals surface area contributed by atoms with Gasteiger partial charge in [-0.25, -0.2) is 4.79 Å². The second-order valence-electron chi connectivity index (χ2n) is 5.39. The second-order valence-corrected chi connectivity index (χ2v) is 5.39. The Morgan fingerprint density at radius 2 is 2.19 bits per heavy atom. The van der Waals surface area contributed by atoms with Crippen molar-refractivity contribution in [3.8, 4) is 0 Å². The van der Waals surface area contributed by atoms with Crippen molar-refractivity contribution >= 4 is 11.9 Å². The summed E-state index contributed by atoms with van der Waals surface area (Å²) in [5, 5.41) is 14.3. The third kappa shape index (κ3) is 3.37. The molecule has 1 aromatic heterocycles. The molecular weight excluding hydrogens is 284 g/mol. The Labute approximate surface area is 120 Å². The maximum absolute atomic E-state index is 12.9. The van der Waals surface area contributed by atoms with Gasteiger partial charge in [0, 0.05) is 5.69 Å². The number of carbonyl (C=O) groups excluding carboxylic acids is 1. The van der Waals surface area contributed by atoms with E-state index in [1.165, 1.54) is 6.07 Å². The molecule has 1 aliphatic rings. The fraction of sp³-hybridized carbons (Fsp3) is 0.615. The molecule has 0 bridgehead atoms. The van der Waals surface area contributed by atoms with E-state index < -0.39 is 24.3 Å². The monoisotopic (exact) mass is 301 g/mol. The van der Waals surface area contributed by atoms with Crippen LogP contribution in [0, 0.1) is 12.8 Å². The number of carboxylic acids is 1. The third-order valence-electron chi connectivity index (χ3n) is 3.63. The van der Waals surface area contributed by atoms with E-state index >= 15 is 0 Å². The summed E-state index contributed by atoms with van der Waals surface area (Å²) in [4.78, 5) is 22.1. The topological polar surface area (TPSA) is 84.2 Å². The fourth-order valence-electron chi connectivity index (χ4n) is 2.15. The molecule has 21 heavy (non-hydrogen) atoms. The Bertz CT molecular complexity index is 567. The highest BCUT2D eigenvalue weighted by Crippen LogP contribution is 2.39. The molecule has 1 saturated carbocycles. The molecule has 1 atom stereocenters. The van der Waals surface area contributed by atoms with Gasteiger partial charge in [0.2, 0.25) is 0 Å². The number of amides is 1. The highest BCUT2D eigenvalue weighted by atomic mass is 19.3. The van der Waals surface area contributed by atoms with Gasteiger partial charge in [-0.3, -0.25) is 9.48 Å². The first kappa shape index (κ1) is 15.4. The minimum Gasteiger partial charge on any atom is -0.477 e. The molecule has 8 heteroatoms. The number of hydrogen-bond donors (Lipinski definition) is 2. The lowest BCUT2D eigenvalue weighted by Crippen LogP contribution is -2.42. The maximum Gasteiger partial charge on any atom is 0.376 e. The minimum atomic E-state index is -3.99. The number of carboxylic acid groups (broad SMARTS) is 1. The van der Waals surface area contributed by atoms with E-state index in [4.69, 9.17) is 5.11 Å². The molecule has 1 heterocycles. The molecular formula is C13H17F2N3O3. The number of nitrogens with one attached hydrogen (secondary N) is 1. The summed E-state index contributed by atoms with van der Waals surface area (Å²) in [5.74, 6) is -6.53. The number of halogens is 2. The molecule has 0 aliphatic heterocycles. The zero-order chi connectivity index (χ0) is 15.8. The number of carbonyl (C=O) groups is 2. The molecule has 2 N–H and O–H groups in total. The summed E-state index contributed by atoms with van der Waals surface area (Å²) in [6.07, 6.45) is 2.24. The van der Waals surface area contributed by atoms with Crippen molar-refractivity contribution in [1.29, 1.82) is 0 Å². The maximum atomic E-state index is 12.9. The zero-order valence-electron chi connectivity index (χ0n) is 11.8. The van der Waals surface area contributed by atoms with Crippen LogP contribution < -0.4 is 5.32 Å². The van der Waals surface area contributed by atoms with E-state index in [1.54, 1.807) is 11.6 Å². The summed E-state index contributed by atoms with van der Waals surface area (Å²) in [7, 11) is 0. The normalized spacial score (nSPS) is 16.6. The Balaban J connectivity index is 2.03. The first-order valence-electron chi connectivity index (χ1n) is 6.68. The lowest BCUT2D eigenvalue weighted by molar-refractivity contribution is -0.163. The first-order valence-corrected chi connectivity index (χ1v) is 6.68. The summed E-state index contributed by atoms with van der Waals surface area (Å²) in [6.45, 7) is 2.53. The number of aliphatic carboxylic acids is 1. The van der Waals surface area contributed by atoms with E-state index in [1.807, 2.05) is 12.2 Å². The van der Waals surface area contributed by atoms with E-state index in [9.17, 15) is 18.4 Å². The van der Waals surface area contributed by atoms with E-state index in [0.29, 0.717) is 5.92 Å². The van der Waals surface area contributed by atoms with Gasteiger partial charge in [0.05, 0.1) is 12.6 Å². The average molecular weight is 301 g/mol. The van der Waals surface area contributed by atoms with Gasteiger partial charge in [0.15, 0.2) is 0 Å². The second kappa shape index (κ2) is 5.42. The number of rotatable bonds is 6. The number of aromatic nitrogens is 2. The van der Waals surface area contributed by atoms with Crippen LogP contribution in [0.1, 0.15) is 42.0 Å². The van der Waals surface area contributed by atoms with Crippen LogP contribution in [0.5, 0.6) is 0 Å². The smallest absolute Gasteiger partial charge is 0.376 e. The summed E-state index contributed by atoms with van der Waals surface area (Å²) in [6, 6.07) is 1.67. The van der Waals surface area contributed by atoms with Gasteiger partial charge < -0.3 is 10.4 Å². The van der Waals surface area contributed by atoms with Crippen molar-refractivity contribution in [2.45, 2.75) is 38.7 Å². The number of aryl methyl sites for hydroxylation is 1. The molecule has 1 aromatic rings. The number of hydrogen-bond acceptors (Lipinski definition) is 3. The van der Waals surface area contributed by atoms with Crippen molar-refractivity contribution in [1.82, 2.24) is 15.1 Å². The standard InChI is InChI=1S/C13H17F2N3O3/c1-7-5-10(17-18(7)8(2)9-3-4-9)11(19)16-6-13(14,15)12(20)21/h5,8-9H,3-4,6H2,1-2H3,(H,16,19)(H,20,21). The van der Waals surface area contributed by atoms with Gasteiger partial charge in [0.1, 0.15) is 5.69 Å². The highest BCUT2D eigenvalue weighted by Gasteiger charge is 2.39. The van der Waals surface area contributed by atoms with Crippen molar-refractivity contribution in [3.05, 3.63) is 17.5 Å². The molecule has 1 aliphatic carbocycles. The van der Waals surface area contributed by atoms with Gasteiger partial charge in [-0.1, -0.05) is 0 Å². The number of nitrogens with zero attached hydrogens (tertiary/aromatic N) is 2. The lowest BCUT2D eigenvalue weighted by Gasteiger charge is -2.13. The Kier molecular flexibility index (Phi) is 3.97. The van der Waals surface area contributed by atoms with Crippen LogP contribution >= 0.6 is 0 Å². The number of alkyl halides is 2. The van der Waals surface area contributed by atoms with Crippen LogP contribution in [0.2, 0.25) is 0 Å². The summed E-state index contributed by atoms with van der Waals surface area (Å²) in [5.41, 5.74) is 0.783. The first-order chi connectivity index (χ1) is 9.72. The van der Waals surface area contributed by atoms with Crippen molar-refractivity contribution in [2.24, 2.45) is 5.92 Å². The zero-order valence-corrected chi connectivity index (χ0v) is 11.8. The van der Waals surface area contributed by atoms with Gasteiger partial charge in [-0.2, -0.15) is 13.9 Å². The molecule has 0 aromatic carbocycles. The molecule has 0 saturated heterocycles. The molecule has 1 unspecified atom stereocenters. The van der Waals surface area contributed by atoms with Gasteiger partial charge in [0.25, 0.3) is 5.91 Å². The summed E-state index contributed by atoms with van der Waals surface area (Å²) >= 11 is 0. The summed E-state index contributed by atoms with van der Waals surface area (Å²) < 4.78 is 27.5. The van der Waals surface area contributed by atoms with Crippen molar-refractivity contribution < 1.29 is 23.5 Å². The molecule has 0 spiro atoms. The molecule has 2 rings (SSSR count). The molecule has 1 fully saturated rings. The van der Waals surface area contributed by atoms with E-state index in [-0.39, 0.29) is 11.7 Å². The molecule has 116 valence electrons. The fourth-order valence-corrected chi connectivity index (χ4v) is 2.15. The predicted molar refractivity (Wildman–Crippen MR) is 69.3 cm³/mol. The molecule has 6 nitrogen and oxygen atoms in total. The van der Waals surface area contributed by atoms with Crippen LogP contribution in [-0.2, 0) is 4.79 Å². The van der Waals surface area contributed by atoms with Crippen LogP contribution in [0.25, 0.3) is 0 Å². The molecule has 0 radical (unpaired) electrons. The van der Waals surface area contributed by atoms with Crippen molar-refractivity contribution in [2.75, 3.05) is 6.54 Å². The van der Waals surface area contributed by atoms with Gasteiger partial charge in [-0.05, 0) is 38.7 Å². The highest BCUT2D eigenvalue weighted by molar-refractivity contribution is 5.92. The Morgan fingerprint density at radius 3 is 2.71 bits per heavy atom. The largest absolute Gasteiger partial charge is 0.477 e. The Hall–Kier alpha value is -1.99. The lowest BCUT2D eigenvalue weighted by atomic mass is 10.2. The predicted octanol–water partition coefficient (Wildman–Crippen LogP) is 1.61. The van der Waals surface area contributed by atoms with Gasteiger partial charge >= 0.3 is 11.9 Å². The van der Waals surface area contributed by atoms with Crippen LogP contribution in [0.15, 0.2) is 6.07 Å². The van der Waals surface area contributed by atoms with E-state index in [0.717, 1.165) is 18.5 Å². The molecule has 1 amide bonds. The third-order valence-corrected chi connectivity index (χ3v) is 3.63. The minimum absolute atomic E-state index is 0.0150.